The third-order valence-corrected chi connectivity index (χ3v) is 4.62. The van der Waals surface area contributed by atoms with Gasteiger partial charge in [-0.25, -0.2) is 13.1 Å². The number of hydrogen-bond donors (Lipinski definition) is 1. The Morgan fingerprint density at radius 1 is 1.00 bits per heavy atom. The second-order valence-corrected chi connectivity index (χ2v) is 8.87. The third-order valence-electron chi connectivity index (χ3n) is 2.86. The van der Waals surface area contributed by atoms with E-state index in [9.17, 15) is 21.6 Å². The lowest BCUT2D eigenvalue weighted by Gasteiger charge is -2.33. The Morgan fingerprint density at radius 3 is 1.95 bits per heavy atom. The highest BCUT2D eigenvalue weighted by Crippen LogP contribution is 2.35. The molecule has 0 aliphatic heterocycles. The molecule has 0 heterocycles. The van der Waals surface area contributed by atoms with E-state index >= 15 is 0 Å². The maximum absolute atomic E-state index is 13.0. The molecule has 3 nitrogen and oxygen atoms in total. The first-order valence-electron chi connectivity index (χ1n) is 6.84. The van der Waals surface area contributed by atoms with E-state index in [0.717, 1.165) is 12.1 Å². The van der Waals surface area contributed by atoms with Crippen LogP contribution in [-0.2, 0) is 16.2 Å². The van der Waals surface area contributed by atoms with Gasteiger partial charge in [0.25, 0.3) is 0 Å². The van der Waals surface area contributed by atoms with Crippen LogP contribution in [0.15, 0.2) is 29.2 Å². The van der Waals surface area contributed by atoms with Crippen LogP contribution in [-0.4, -0.2) is 14.0 Å². The highest BCUT2D eigenvalue weighted by Gasteiger charge is 2.38. The van der Waals surface area contributed by atoms with Gasteiger partial charge in [-0.1, -0.05) is 32.9 Å². The summed E-state index contributed by atoms with van der Waals surface area (Å²) in [6, 6.07) is 4.19. The number of rotatable bonds is 4. The van der Waals surface area contributed by atoms with Crippen molar-refractivity contribution in [3.05, 3.63) is 29.8 Å². The van der Waals surface area contributed by atoms with Crippen LogP contribution in [0.25, 0.3) is 0 Å². The average molecular weight is 337 g/mol. The molecule has 0 aliphatic rings. The second kappa shape index (κ2) is 5.85. The van der Waals surface area contributed by atoms with E-state index in [4.69, 9.17) is 0 Å². The summed E-state index contributed by atoms with van der Waals surface area (Å²) in [4.78, 5) is -0.746. The number of halogens is 3. The summed E-state index contributed by atoms with van der Waals surface area (Å²) in [5.41, 5.74) is -2.19. The zero-order chi connectivity index (χ0) is 17.4. The van der Waals surface area contributed by atoms with Gasteiger partial charge in [-0.05, 0) is 37.8 Å². The molecule has 0 unspecified atom stereocenters. The number of hydrogen-bond acceptors (Lipinski definition) is 2. The van der Waals surface area contributed by atoms with Gasteiger partial charge in [0.2, 0.25) is 10.0 Å². The molecule has 0 aromatic heterocycles. The summed E-state index contributed by atoms with van der Waals surface area (Å²) >= 11 is 0. The molecule has 0 aliphatic carbocycles. The Hall–Kier alpha value is -1.08. The molecule has 126 valence electrons. The Kier molecular flexibility index (Phi) is 5.04. The van der Waals surface area contributed by atoms with Crippen molar-refractivity contribution >= 4 is 10.0 Å². The van der Waals surface area contributed by atoms with Crippen LogP contribution in [0.3, 0.4) is 0 Å². The predicted octanol–water partition coefficient (Wildman–Crippen LogP) is 4.20. The lowest BCUT2D eigenvalue weighted by molar-refractivity contribution is -0.139. The van der Waals surface area contributed by atoms with Crippen molar-refractivity contribution in [1.82, 2.24) is 4.72 Å². The quantitative estimate of drug-likeness (QED) is 0.895. The van der Waals surface area contributed by atoms with Crippen LogP contribution < -0.4 is 4.72 Å². The van der Waals surface area contributed by atoms with E-state index in [2.05, 4.69) is 4.72 Å². The minimum Gasteiger partial charge on any atom is -0.207 e. The van der Waals surface area contributed by atoms with E-state index in [0.29, 0.717) is 6.42 Å². The first-order chi connectivity index (χ1) is 9.64. The molecule has 0 radical (unpaired) electrons. The molecule has 0 saturated carbocycles. The fraction of sp³-hybridized carbons (Fsp3) is 0.600. The summed E-state index contributed by atoms with van der Waals surface area (Å²) < 4.78 is 66.1. The summed E-state index contributed by atoms with van der Waals surface area (Å²) in [7, 11) is -4.27. The summed E-state index contributed by atoms with van der Waals surface area (Å²) in [6.07, 6.45) is -4.24. The standard InChI is InChI=1S/C15H22F3NO2S/c1-13(2,3)10-14(4,5)19-22(20,21)12-9-7-6-8-11(12)15(16,17)18/h6-9,19H,10H2,1-5H3. The molecule has 7 heteroatoms. The lowest BCUT2D eigenvalue weighted by Crippen LogP contribution is -2.46. The molecule has 1 aromatic carbocycles. The highest BCUT2D eigenvalue weighted by atomic mass is 32.2. The molecule has 0 bridgehead atoms. The van der Waals surface area contributed by atoms with Crippen LogP contribution in [0.4, 0.5) is 13.2 Å². The van der Waals surface area contributed by atoms with E-state index in [1.807, 2.05) is 20.8 Å². The molecule has 1 aromatic rings. The molecule has 0 fully saturated rings. The van der Waals surface area contributed by atoms with Gasteiger partial charge >= 0.3 is 6.18 Å². The average Bonchev–Trinajstić information content (AvgIpc) is 2.22. The third kappa shape index (κ3) is 5.28. The van der Waals surface area contributed by atoms with E-state index in [1.54, 1.807) is 13.8 Å². The molecular formula is C15H22F3NO2S. The number of nitrogens with one attached hydrogen (secondary N) is 1. The second-order valence-electron chi connectivity index (χ2n) is 7.22. The van der Waals surface area contributed by atoms with Crippen molar-refractivity contribution in [2.24, 2.45) is 5.41 Å². The molecule has 1 N–H and O–H groups in total. The van der Waals surface area contributed by atoms with Crippen molar-refractivity contribution in [2.75, 3.05) is 0 Å². The van der Waals surface area contributed by atoms with Crippen LogP contribution in [0, 0.1) is 5.41 Å². The maximum Gasteiger partial charge on any atom is 0.417 e. The first-order valence-corrected chi connectivity index (χ1v) is 8.33. The van der Waals surface area contributed by atoms with Crippen molar-refractivity contribution in [2.45, 2.75) is 57.7 Å². The summed E-state index contributed by atoms with van der Waals surface area (Å²) in [6.45, 7) is 9.13. The SMILES string of the molecule is CC(C)(C)CC(C)(C)NS(=O)(=O)c1ccccc1C(F)(F)F. The Labute approximate surface area is 130 Å². The monoisotopic (exact) mass is 337 g/mol. The molecule has 0 amide bonds. The number of benzene rings is 1. The Morgan fingerprint density at radius 2 is 1.50 bits per heavy atom. The first kappa shape index (κ1) is 19.0. The Bertz CT molecular complexity index is 629. The van der Waals surface area contributed by atoms with E-state index in [-0.39, 0.29) is 5.41 Å². The summed E-state index contributed by atoms with van der Waals surface area (Å²) in [5.74, 6) is 0. The van der Waals surface area contributed by atoms with Gasteiger partial charge in [0.05, 0.1) is 10.5 Å². The summed E-state index contributed by atoms with van der Waals surface area (Å²) in [5, 5.41) is 0. The van der Waals surface area contributed by atoms with Gasteiger partial charge in [-0.15, -0.1) is 0 Å². The molecule has 0 saturated heterocycles. The normalized spacial score (nSPS) is 14.2. The van der Waals surface area contributed by atoms with Gasteiger partial charge in [0.1, 0.15) is 0 Å². The molecule has 0 atom stereocenters. The predicted molar refractivity (Wildman–Crippen MR) is 79.9 cm³/mol. The largest absolute Gasteiger partial charge is 0.417 e. The maximum atomic E-state index is 13.0. The fourth-order valence-corrected chi connectivity index (χ4v) is 4.36. The number of sulfonamides is 1. The molecular weight excluding hydrogens is 315 g/mol. The van der Waals surface area contributed by atoms with Crippen LogP contribution in [0.1, 0.15) is 46.6 Å². The highest BCUT2D eigenvalue weighted by molar-refractivity contribution is 7.89. The van der Waals surface area contributed by atoms with Gasteiger partial charge in [0, 0.05) is 5.54 Å². The number of alkyl halides is 3. The minimum atomic E-state index is -4.72. The molecule has 1 rings (SSSR count). The van der Waals surface area contributed by atoms with Crippen molar-refractivity contribution in [3.63, 3.8) is 0 Å². The zero-order valence-corrected chi connectivity index (χ0v) is 14.2. The van der Waals surface area contributed by atoms with Crippen LogP contribution in [0.2, 0.25) is 0 Å². The van der Waals surface area contributed by atoms with Gasteiger partial charge in [0.15, 0.2) is 0 Å². The topological polar surface area (TPSA) is 46.2 Å². The van der Waals surface area contributed by atoms with Crippen LogP contribution in [0.5, 0.6) is 0 Å². The van der Waals surface area contributed by atoms with Crippen molar-refractivity contribution in [1.29, 1.82) is 0 Å². The van der Waals surface area contributed by atoms with Gasteiger partial charge in [-0.2, -0.15) is 13.2 Å². The minimum absolute atomic E-state index is 0.171. The fourth-order valence-electron chi connectivity index (χ4n) is 2.72. The molecule has 22 heavy (non-hydrogen) atoms. The van der Waals surface area contributed by atoms with Crippen molar-refractivity contribution in [3.8, 4) is 0 Å². The van der Waals surface area contributed by atoms with Crippen LogP contribution >= 0.6 is 0 Å². The lowest BCUT2D eigenvalue weighted by atomic mass is 9.82. The van der Waals surface area contributed by atoms with E-state index in [1.165, 1.54) is 12.1 Å². The van der Waals surface area contributed by atoms with Gasteiger partial charge in [-0.3, -0.25) is 0 Å². The smallest absolute Gasteiger partial charge is 0.207 e. The zero-order valence-electron chi connectivity index (χ0n) is 13.4. The molecule has 0 spiro atoms. The Balaban J connectivity index is 3.22. The van der Waals surface area contributed by atoms with E-state index < -0.39 is 32.2 Å². The van der Waals surface area contributed by atoms with Gasteiger partial charge < -0.3 is 0 Å². The van der Waals surface area contributed by atoms with Crippen molar-refractivity contribution < 1.29 is 21.6 Å².